The van der Waals surface area contributed by atoms with Crippen LogP contribution < -0.4 is 10.2 Å². The second kappa shape index (κ2) is 7.14. The van der Waals surface area contributed by atoms with Crippen LogP contribution in [0.25, 0.3) is 0 Å². The highest BCUT2D eigenvalue weighted by Gasteiger charge is 2.43. The molecular weight excluding hydrogens is 360 g/mol. The van der Waals surface area contributed by atoms with E-state index in [-0.39, 0.29) is 48.2 Å². The predicted octanol–water partition coefficient (Wildman–Crippen LogP) is 2.39. The maximum absolute atomic E-state index is 13.1. The number of carbonyl (C=O) groups excluding carboxylic acids is 2. The van der Waals surface area contributed by atoms with Gasteiger partial charge in [-0.25, -0.2) is 4.79 Å². The van der Waals surface area contributed by atoms with Crippen molar-refractivity contribution in [2.45, 2.75) is 38.5 Å². The lowest BCUT2D eigenvalue weighted by atomic mass is 9.86. The van der Waals surface area contributed by atoms with Gasteiger partial charge in [0.05, 0.1) is 6.61 Å². The summed E-state index contributed by atoms with van der Waals surface area (Å²) in [6.45, 7) is 1.97. The molecule has 28 heavy (non-hydrogen) atoms. The van der Waals surface area contributed by atoms with Crippen molar-refractivity contribution in [3.8, 4) is 5.75 Å². The standard InChI is InChI=1S/C21H22N2O5/c1-3-27-21(26)16-11-23-15-9-14(10-15)22(2)20(25)17(23)19(18(16)24)28-12-13-7-5-4-6-8-13/h4-8,11,14-15H,3,9-10,12H2,1-2H3. The van der Waals surface area contributed by atoms with Crippen molar-refractivity contribution in [2.24, 2.45) is 0 Å². The SMILES string of the molecule is CCOC(=O)c1cn2c(c(OCc3ccccc3)c1=O)C(=O)N(C)C1CC2C1. The summed E-state index contributed by atoms with van der Waals surface area (Å²) in [5.41, 5.74) is 0.360. The van der Waals surface area contributed by atoms with Crippen LogP contribution in [-0.4, -0.2) is 41.0 Å². The van der Waals surface area contributed by atoms with Gasteiger partial charge >= 0.3 is 5.97 Å². The molecule has 5 rings (SSSR count). The molecule has 7 heteroatoms. The van der Waals surface area contributed by atoms with E-state index in [0.717, 1.165) is 18.4 Å². The van der Waals surface area contributed by atoms with Gasteiger partial charge in [0.1, 0.15) is 12.2 Å². The molecule has 3 aliphatic rings. The van der Waals surface area contributed by atoms with Crippen molar-refractivity contribution in [1.29, 1.82) is 0 Å². The number of carbonyl (C=O) groups is 2. The fourth-order valence-corrected chi connectivity index (χ4v) is 3.76. The second-order valence-corrected chi connectivity index (χ2v) is 7.15. The van der Waals surface area contributed by atoms with E-state index >= 15 is 0 Å². The fraction of sp³-hybridized carbons (Fsp3) is 0.381. The van der Waals surface area contributed by atoms with Gasteiger partial charge < -0.3 is 18.9 Å². The van der Waals surface area contributed by atoms with Crippen LogP contribution in [0.2, 0.25) is 0 Å². The van der Waals surface area contributed by atoms with Gasteiger partial charge in [0.2, 0.25) is 5.43 Å². The van der Waals surface area contributed by atoms with Crippen molar-refractivity contribution in [1.82, 2.24) is 9.47 Å². The molecular formula is C21H22N2O5. The Morgan fingerprint density at radius 3 is 2.54 bits per heavy atom. The molecule has 2 aliphatic heterocycles. The summed E-state index contributed by atoms with van der Waals surface area (Å²) in [4.78, 5) is 40.1. The molecule has 2 bridgehead atoms. The number of hydrogen-bond donors (Lipinski definition) is 0. The topological polar surface area (TPSA) is 77.8 Å². The molecule has 2 aromatic rings. The normalized spacial score (nSPS) is 20.1. The molecule has 1 fully saturated rings. The first kappa shape index (κ1) is 18.3. The summed E-state index contributed by atoms with van der Waals surface area (Å²) < 4.78 is 12.6. The smallest absolute Gasteiger partial charge is 0.343 e. The third-order valence-electron chi connectivity index (χ3n) is 5.47. The number of fused-ring (bicyclic) bond motifs is 1. The van der Waals surface area contributed by atoms with Gasteiger partial charge in [-0.2, -0.15) is 0 Å². The van der Waals surface area contributed by atoms with Gasteiger partial charge in [0.25, 0.3) is 5.91 Å². The first-order chi connectivity index (χ1) is 13.5. The number of aromatic nitrogens is 1. The lowest BCUT2D eigenvalue weighted by Gasteiger charge is -2.37. The Bertz CT molecular complexity index is 976. The van der Waals surface area contributed by atoms with Gasteiger partial charge in [-0.3, -0.25) is 9.59 Å². The highest BCUT2D eigenvalue weighted by molar-refractivity contribution is 5.98. The number of benzene rings is 1. The van der Waals surface area contributed by atoms with E-state index in [1.54, 1.807) is 23.4 Å². The van der Waals surface area contributed by atoms with Crippen LogP contribution >= 0.6 is 0 Å². The number of esters is 1. The van der Waals surface area contributed by atoms with Crippen molar-refractivity contribution in [3.63, 3.8) is 0 Å². The first-order valence-electron chi connectivity index (χ1n) is 9.41. The van der Waals surface area contributed by atoms with E-state index in [2.05, 4.69) is 0 Å². The van der Waals surface area contributed by atoms with E-state index in [4.69, 9.17) is 9.47 Å². The number of rotatable bonds is 5. The monoisotopic (exact) mass is 382 g/mol. The van der Waals surface area contributed by atoms with Gasteiger partial charge in [0.15, 0.2) is 11.4 Å². The van der Waals surface area contributed by atoms with E-state index < -0.39 is 11.4 Å². The van der Waals surface area contributed by atoms with Gasteiger partial charge in [-0.15, -0.1) is 0 Å². The molecule has 0 spiro atoms. The molecule has 146 valence electrons. The van der Waals surface area contributed by atoms with Crippen LogP contribution in [0.5, 0.6) is 5.75 Å². The van der Waals surface area contributed by atoms with Crippen LogP contribution in [-0.2, 0) is 11.3 Å². The maximum atomic E-state index is 13.1. The quantitative estimate of drug-likeness (QED) is 0.742. The van der Waals surface area contributed by atoms with Gasteiger partial charge in [0, 0.05) is 25.3 Å². The zero-order valence-electron chi connectivity index (χ0n) is 15.9. The highest BCUT2D eigenvalue weighted by Crippen LogP contribution is 2.41. The molecule has 0 unspecified atom stereocenters. The summed E-state index contributed by atoms with van der Waals surface area (Å²) in [6.07, 6.45) is 3.04. The zero-order chi connectivity index (χ0) is 19.8. The van der Waals surface area contributed by atoms with Crippen LogP contribution in [0, 0.1) is 0 Å². The molecule has 0 saturated heterocycles. The Labute approximate surface area is 162 Å². The Morgan fingerprint density at radius 2 is 1.86 bits per heavy atom. The van der Waals surface area contributed by atoms with E-state index in [1.165, 1.54) is 6.20 Å². The molecule has 3 heterocycles. The van der Waals surface area contributed by atoms with Gasteiger partial charge in [-0.1, -0.05) is 30.3 Å². The van der Waals surface area contributed by atoms with Gasteiger partial charge in [-0.05, 0) is 25.3 Å². The minimum Gasteiger partial charge on any atom is -0.483 e. The van der Waals surface area contributed by atoms with Crippen molar-refractivity contribution in [2.75, 3.05) is 13.7 Å². The molecule has 1 aromatic heterocycles. The summed E-state index contributed by atoms with van der Waals surface area (Å²) in [6, 6.07) is 9.57. The first-order valence-corrected chi connectivity index (χ1v) is 9.41. The average Bonchev–Trinajstić information content (AvgIpc) is 2.82. The van der Waals surface area contributed by atoms with E-state index in [1.807, 2.05) is 30.3 Å². The number of nitrogens with zero attached hydrogens (tertiary/aromatic N) is 2. The minimum absolute atomic E-state index is 0.0572. The number of amides is 1. The van der Waals surface area contributed by atoms with Crippen LogP contribution in [0.3, 0.4) is 0 Å². The molecule has 7 nitrogen and oxygen atoms in total. The third kappa shape index (κ3) is 2.96. The van der Waals surface area contributed by atoms with Crippen molar-refractivity contribution >= 4 is 11.9 Å². The summed E-state index contributed by atoms with van der Waals surface area (Å²) >= 11 is 0. The zero-order valence-corrected chi connectivity index (χ0v) is 15.9. The molecule has 1 amide bonds. The highest BCUT2D eigenvalue weighted by atomic mass is 16.5. The molecule has 0 atom stereocenters. The Kier molecular flexibility index (Phi) is 4.66. The Balaban J connectivity index is 1.83. The molecule has 0 radical (unpaired) electrons. The fourth-order valence-electron chi connectivity index (χ4n) is 3.76. The van der Waals surface area contributed by atoms with Crippen molar-refractivity contribution < 1.29 is 19.1 Å². The van der Waals surface area contributed by atoms with E-state index in [9.17, 15) is 14.4 Å². The van der Waals surface area contributed by atoms with Crippen molar-refractivity contribution in [3.05, 3.63) is 63.6 Å². The average molecular weight is 382 g/mol. The maximum Gasteiger partial charge on any atom is 0.343 e. The summed E-state index contributed by atoms with van der Waals surface area (Å²) in [7, 11) is 1.74. The Morgan fingerprint density at radius 1 is 1.14 bits per heavy atom. The molecule has 1 aromatic carbocycles. The third-order valence-corrected chi connectivity index (χ3v) is 5.47. The van der Waals surface area contributed by atoms with E-state index in [0.29, 0.717) is 0 Å². The number of pyridine rings is 1. The molecule has 1 aliphatic carbocycles. The van der Waals surface area contributed by atoms with Crippen LogP contribution in [0.4, 0.5) is 0 Å². The van der Waals surface area contributed by atoms with Crippen LogP contribution in [0.1, 0.15) is 52.2 Å². The lowest BCUT2D eigenvalue weighted by molar-refractivity contribution is 0.0522. The summed E-state index contributed by atoms with van der Waals surface area (Å²) in [5, 5.41) is 0. The second-order valence-electron chi connectivity index (χ2n) is 7.15. The predicted molar refractivity (Wildman–Crippen MR) is 102 cm³/mol. The lowest BCUT2D eigenvalue weighted by Crippen LogP contribution is -2.41. The largest absolute Gasteiger partial charge is 0.483 e. The summed E-state index contributed by atoms with van der Waals surface area (Å²) in [5.74, 6) is -1.05. The Hall–Kier alpha value is -3.09. The molecule has 1 saturated carbocycles. The molecule has 0 N–H and O–H groups in total. The van der Waals surface area contributed by atoms with Crippen LogP contribution in [0.15, 0.2) is 41.3 Å². The number of ether oxygens (including phenoxy) is 2. The number of hydrogen-bond acceptors (Lipinski definition) is 5. The minimum atomic E-state index is -0.701.